The molecule has 1 fully saturated rings. The molecule has 114 valence electrons. The average Bonchev–Trinajstić information content (AvgIpc) is 2.83. The molecule has 6 nitrogen and oxygen atoms in total. The summed E-state index contributed by atoms with van der Waals surface area (Å²) in [5.41, 5.74) is 0. The lowest BCUT2D eigenvalue weighted by atomic mass is 10.0. The first-order valence-electron chi connectivity index (χ1n) is 7.12. The van der Waals surface area contributed by atoms with Crippen molar-refractivity contribution in [1.82, 2.24) is 19.2 Å². The number of imidazole rings is 1. The van der Waals surface area contributed by atoms with Crippen molar-refractivity contribution in [3.63, 3.8) is 0 Å². The Morgan fingerprint density at radius 2 is 2.30 bits per heavy atom. The minimum Gasteiger partial charge on any atom is -0.337 e. The number of aryl methyl sites for hydroxylation is 1. The molecule has 1 aromatic rings. The number of nitrogens with one attached hydrogen (secondary N) is 1. The van der Waals surface area contributed by atoms with E-state index in [1.165, 1.54) is 17.1 Å². The first-order valence-corrected chi connectivity index (χ1v) is 8.73. The molecule has 0 saturated carbocycles. The zero-order chi connectivity index (χ0) is 14.6. The molecule has 0 aromatic carbocycles. The van der Waals surface area contributed by atoms with Crippen LogP contribution in [0.2, 0.25) is 0 Å². The topological polar surface area (TPSA) is 67.2 Å². The van der Waals surface area contributed by atoms with Crippen molar-refractivity contribution >= 4 is 10.0 Å². The molecule has 0 spiro atoms. The Bertz CT molecular complexity index is 520. The number of aromatic nitrogens is 2. The lowest BCUT2D eigenvalue weighted by molar-refractivity contribution is 0.387. The second-order valence-corrected chi connectivity index (χ2v) is 7.66. The molecule has 1 atom stereocenters. The lowest BCUT2D eigenvalue weighted by Crippen LogP contribution is -2.37. The zero-order valence-corrected chi connectivity index (χ0v) is 13.1. The van der Waals surface area contributed by atoms with Crippen molar-refractivity contribution in [2.45, 2.75) is 38.3 Å². The summed E-state index contributed by atoms with van der Waals surface area (Å²) < 4.78 is 27.8. The van der Waals surface area contributed by atoms with Gasteiger partial charge in [-0.25, -0.2) is 13.4 Å². The first-order chi connectivity index (χ1) is 9.49. The Balaban J connectivity index is 1.87. The fraction of sp³-hybridized carbons (Fsp3) is 0.769. The Morgan fingerprint density at radius 1 is 1.50 bits per heavy atom. The quantitative estimate of drug-likeness (QED) is 0.840. The largest absolute Gasteiger partial charge is 0.337 e. The SMILES string of the molecule is CN(Cc1nccn1C)S(=O)(=O)CCC1CCCCN1. The van der Waals surface area contributed by atoms with Crippen LogP contribution in [0.4, 0.5) is 0 Å². The highest BCUT2D eigenvalue weighted by molar-refractivity contribution is 7.89. The zero-order valence-electron chi connectivity index (χ0n) is 12.2. The normalized spacial score (nSPS) is 20.4. The Hall–Kier alpha value is -0.920. The van der Waals surface area contributed by atoms with Gasteiger partial charge in [-0.05, 0) is 25.8 Å². The molecule has 1 N–H and O–H groups in total. The van der Waals surface area contributed by atoms with E-state index in [0.29, 0.717) is 19.0 Å². The van der Waals surface area contributed by atoms with Gasteiger partial charge in [0.15, 0.2) is 0 Å². The summed E-state index contributed by atoms with van der Waals surface area (Å²) >= 11 is 0. The van der Waals surface area contributed by atoms with Crippen LogP contribution in [-0.4, -0.2) is 47.7 Å². The van der Waals surface area contributed by atoms with Crippen LogP contribution in [0.1, 0.15) is 31.5 Å². The first kappa shape index (κ1) is 15.5. The van der Waals surface area contributed by atoms with E-state index < -0.39 is 10.0 Å². The molecule has 0 aliphatic carbocycles. The van der Waals surface area contributed by atoms with E-state index in [1.54, 1.807) is 13.2 Å². The van der Waals surface area contributed by atoms with E-state index in [1.807, 2.05) is 17.8 Å². The highest BCUT2D eigenvalue weighted by Crippen LogP contribution is 2.13. The molecule has 1 unspecified atom stereocenters. The van der Waals surface area contributed by atoms with Gasteiger partial charge in [0, 0.05) is 32.5 Å². The maximum Gasteiger partial charge on any atom is 0.214 e. The molecule has 1 aliphatic rings. The van der Waals surface area contributed by atoms with Crippen molar-refractivity contribution < 1.29 is 8.42 Å². The van der Waals surface area contributed by atoms with Gasteiger partial charge in [0.2, 0.25) is 10.0 Å². The highest BCUT2D eigenvalue weighted by Gasteiger charge is 2.22. The van der Waals surface area contributed by atoms with Gasteiger partial charge in [-0.1, -0.05) is 6.42 Å². The molecule has 0 radical (unpaired) electrons. The van der Waals surface area contributed by atoms with Crippen LogP contribution in [0.25, 0.3) is 0 Å². The van der Waals surface area contributed by atoms with Crippen molar-refractivity contribution in [2.24, 2.45) is 7.05 Å². The summed E-state index contributed by atoms with van der Waals surface area (Å²) in [5, 5.41) is 3.39. The number of hydrogen-bond donors (Lipinski definition) is 1. The smallest absolute Gasteiger partial charge is 0.214 e. The minimum atomic E-state index is -3.21. The van der Waals surface area contributed by atoms with Crippen LogP contribution < -0.4 is 5.32 Å². The molecule has 1 aliphatic heterocycles. The van der Waals surface area contributed by atoms with E-state index in [9.17, 15) is 8.42 Å². The van der Waals surface area contributed by atoms with Crippen molar-refractivity contribution in [2.75, 3.05) is 19.3 Å². The Morgan fingerprint density at radius 3 is 2.90 bits per heavy atom. The van der Waals surface area contributed by atoms with Gasteiger partial charge in [-0.3, -0.25) is 0 Å². The highest BCUT2D eigenvalue weighted by atomic mass is 32.2. The summed E-state index contributed by atoms with van der Waals surface area (Å²) in [6, 6.07) is 0.347. The van der Waals surface area contributed by atoms with E-state index >= 15 is 0 Å². The maximum absolute atomic E-state index is 12.3. The van der Waals surface area contributed by atoms with Gasteiger partial charge in [-0.15, -0.1) is 0 Å². The minimum absolute atomic E-state index is 0.200. The van der Waals surface area contributed by atoms with E-state index in [4.69, 9.17) is 0 Å². The van der Waals surface area contributed by atoms with Crippen molar-refractivity contribution in [1.29, 1.82) is 0 Å². The third-order valence-electron chi connectivity index (χ3n) is 3.90. The summed E-state index contributed by atoms with van der Waals surface area (Å²) in [4.78, 5) is 4.16. The molecule has 1 saturated heterocycles. The molecule has 0 amide bonds. The van der Waals surface area contributed by atoms with Crippen molar-refractivity contribution in [3.8, 4) is 0 Å². The summed E-state index contributed by atoms with van der Waals surface area (Å²) in [6.45, 7) is 1.33. The number of nitrogens with zero attached hydrogens (tertiary/aromatic N) is 3. The second-order valence-electron chi connectivity index (χ2n) is 5.46. The van der Waals surface area contributed by atoms with Gasteiger partial charge in [0.1, 0.15) is 5.82 Å². The monoisotopic (exact) mass is 300 g/mol. The summed E-state index contributed by atoms with van der Waals surface area (Å²) in [7, 11) is 0.281. The average molecular weight is 300 g/mol. The standard InChI is InChI=1S/C13H24N4O2S/c1-16-9-8-15-13(16)11-17(2)20(18,19)10-6-12-5-3-4-7-14-12/h8-9,12,14H,3-7,10-11H2,1-2H3. The number of sulfonamides is 1. The second kappa shape index (κ2) is 6.69. The molecule has 2 rings (SSSR count). The summed E-state index contributed by atoms with van der Waals surface area (Å²) in [5.74, 6) is 0.956. The number of hydrogen-bond acceptors (Lipinski definition) is 4. The molecular formula is C13H24N4O2S. The molecular weight excluding hydrogens is 276 g/mol. The number of piperidine rings is 1. The molecule has 20 heavy (non-hydrogen) atoms. The van der Waals surface area contributed by atoms with Gasteiger partial charge in [0.05, 0.1) is 12.3 Å². The fourth-order valence-electron chi connectivity index (χ4n) is 2.46. The molecule has 0 bridgehead atoms. The fourth-order valence-corrected chi connectivity index (χ4v) is 3.67. The van der Waals surface area contributed by atoms with Crippen LogP contribution in [0.15, 0.2) is 12.4 Å². The van der Waals surface area contributed by atoms with Crippen molar-refractivity contribution in [3.05, 3.63) is 18.2 Å². The third kappa shape index (κ3) is 4.04. The van der Waals surface area contributed by atoms with E-state index in [0.717, 1.165) is 18.8 Å². The predicted octanol–water partition coefficient (Wildman–Crippen LogP) is 0.714. The lowest BCUT2D eigenvalue weighted by Gasteiger charge is -2.24. The van der Waals surface area contributed by atoms with Gasteiger partial charge >= 0.3 is 0 Å². The molecule has 1 aromatic heterocycles. The van der Waals surface area contributed by atoms with E-state index in [2.05, 4.69) is 10.3 Å². The van der Waals surface area contributed by atoms with Crippen LogP contribution in [0, 0.1) is 0 Å². The van der Waals surface area contributed by atoms with Crippen LogP contribution >= 0.6 is 0 Å². The molecule has 7 heteroatoms. The third-order valence-corrected chi connectivity index (χ3v) is 5.73. The Labute approximate surface area is 121 Å². The van der Waals surface area contributed by atoms with Gasteiger partial charge < -0.3 is 9.88 Å². The molecule has 2 heterocycles. The summed E-state index contributed by atoms with van der Waals surface area (Å²) in [6.07, 6.45) is 7.67. The number of rotatable bonds is 6. The van der Waals surface area contributed by atoms with E-state index in [-0.39, 0.29) is 5.75 Å². The predicted molar refractivity (Wildman–Crippen MR) is 78.7 cm³/mol. The Kier molecular flexibility index (Phi) is 5.17. The van der Waals surface area contributed by atoms with Gasteiger partial charge in [-0.2, -0.15) is 4.31 Å². The van der Waals surface area contributed by atoms with Crippen LogP contribution in [-0.2, 0) is 23.6 Å². The van der Waals surface area contributed by atoms with Crippen LogP contribution in [0.3, 0.4) is 0 Å². The van der Waals surface area contributed by atoms with Crippen LogP contribution in [0.5, 0.6) is 0 Å². The maximum atomic E-state index is 12.3. The van der Waals surface area contributed by atoms with Gasteiger partial charge in [0.25, 0.3) is 0 Å².